The summed E-state index contributed by atoms with van der Waals surface area (Å²) in [5.41, 5.74) is -0.795. The van der Waals surface area contributed by atoms with Gasteiger partial charge >= 0.3 is 6.18 Å². The third-order valence-corrected chi connectivity index (χ3v) is 4.68. The van der Waals surface area contributed by atoms with Crippen molar-refractivity contribution in [3.8, 4) is 11.5 Å². The van der Waals surface area contributed by atoms with Crippen molar-refractivity contribution in [2.45, 2.75) is 83.7 Å². The molecule has 0 fully saturated rings. The van der Waals surface area contributed by atoms with Crippen molar-refractivity contribution in [1.29, 1.82) is 0 Å². The first-order valence-corrected chi connectivity index (χ1v) is 9.36. The summed E-state index contributed by atoms with van der Waals surface area (Å²) in [5.74, 6) is -3.49. The van der Waals surface area contributed by atoms with Crippen LogP contribution < -0.4 is 0 Å². The second kappa shape index (κ2) is 10.4. The number of halogens is 3. The molecule has 0 aliphatic carbocycles. The molecule has 1 aromatic carbocycles. The molecule has 1 unspecified atom stereocenters. The number of aromatic hydroxyl groups is 2. The Hall–Kier alpha value is -1.72. The van der Waals surface area contributed by atoms with Crippen molar-refractivity contribution in [3.05, 3.63) is 23.3 Å². The van der Waals surface area contributed by atoms with E-state index in [1.807, 2.05) is 0 Å². The number of hydrogen-bond donors (Lipinski definition) is 2. The summed E-state index contributed by atoms with van der Waals surface area (Å²) >= 11 is 0. The number of Topliss-reactive ketones (excluding diaryl/α,β-unsaturated/α-hetero) is 1. The Morgan fingerprint density at radius 2 is 1.54 bits per heavy atom. The van der Waals surface area contributed by atoms with Crippen molar-refractivity contribution in [3.63, 3.8) is 0 Å². The van der Waals surface area contributed by atoms with Gasteiger partial charge in [-0.25, -0.2) is 0 Å². The molecule has 0 aromatic heterocycles. The lowest BCUT2D eigenvalue weighted by Crippen LogP contribution is -2.23. The molecule has 1 aromatic rings. The average molecular weight is 374 g/mol. The summed E-state index contributed by atoms with van der Waals surface area (Å²) in [7, 11) is 0. The lowest BCUT2D eigenvalue weighted by atomic mass is 9.90. The van der Waals surface area contributed by atoms with Crippen LogP contribution in [0, 0.1) is 0 Å². The highest BCUT2D eigenvalue weighted by Crippen LogP contribution is 2.40. The highest BCUT2D eigenvalue weighted by Gasteiger charge is 2.41. The predicted molar refractivity (Wildman–Crippen MR) is 95.8 cm³/mol. The smallest absolute Gasteiger partial charge is 0.455 e. The minimum Gasteiger partial charge on any atom is -0.508 e. The molecule has 0 saturated carbocycles. The molecular weight excluding hydrogens is 345 g/mol. The van der Waals surface area contributed by atoms with Gasteiger partial charge in [0.05, 0.1) is 5.56 Å². The summed E-state index contributed by atoms with van der Waals surface area (Å²) in [5, 5.41) is 20.1. The fourth-order valence-electron chi connectivity index (χ4n) is 3.15. The number of alkyl halides is 3. The van der Waals surface area contributed by atoms with Crippen LogP contribution in [0.5, 0.6) is 11.5 Å². The van der Waals surface area contributed by atoms with Gasteiger partial charge in [-0.15, -0.1) is 0 Å². The number of rotatable bonds is 11. The first-order chi connectivity index (χ1) is 12.2. The van der Waals surface area contributed by atoms with E-state index in [1.165, 1.54) is 32.1 Å². The van der Waals surface area contributed by atoms with E-state index in [0.717, 1.165) is 31.4 Å². The Balaban J connectivity index is 2.63. The first-order valence-electron chi connectivity index (χ1n) is 9.36. The van der Waals surface area contributed by atoms with E-state index in [-0.39, 0.29) is 17.2 Å². The summed E-state index contributed by atoms with van der Waals surface area (Å²) < 4.78 is 37.9. The van der Waals surface area contributed by atoms with Gasteiger partial charge in [-0.05, 0) is 24.5 Å². The minimum absolute atomic E-state index is 0.0167. The lowest BCUT2D eigenvalue weighted by Gasteiger charge is -2.17. The van der Waals surface area contributed by atoms with Gasteiger partial charge in [0.2, 0.25) is 0 Å². The number of ketones is 1. The van der Waals surface area contributed by atoms with Crippen LogP contribution in [0.1, 0.15) is 93.5 Å². The molecule has 148 valence electrons. The van der Waals surface area contributed by atoms with Gasteiger partial charge in [-0.3, -0.25) is 4.79 Å². The SMILES string of the molecule is CCCCCCCCCCC(C)c1c(O)ccc(C(=O)C(F)(F)F)c1O. The number of benzene rings is 1. The molecule has 0 aliphatic heterocycles. The summed E-state index contributed by atoms with van der Waals surface area (Å²) in [6.45, 7) is 3.90. The van der Waals surface area contributed by atoms with Gasteiger partial charge in [0.1, 0.15) is 11.5 Å². The van der Waals surface area contributed by atoms with Crippen molar-refractivity contribution in [2.24, 2.45) is 0 Å². The topological polar surface area (TPSA) is 57.5 Å². The van der Waals surface area contributed by atoms with Crippen molar-refractivity contribution < 1.29 is 28.2 Å². The van der Waals surface area contributed by atoms with Crippen LogP contribution in [0.25, 0.3) is 0 Å². The van der Waals surface area contributed by atoms with Gasteiger partial charge < -0.3 is 10.2 Å². The van der Waals surface area contributed by atoms with E-state index < -0.39 is 23.3 Å². The Kier molecular flexibility index (Phi) is 8.96. The zero-order valence-electron chi connectivity index (χ0n) is 15.5. The molecule has 0 aliphatic rings. The summed E-state index contributed by atoms with van der Waals surface area (Å²) in [4.78, 5) is 11.4. The number of unbranched alkanes of at least 4 members (excludes halogenated alkanes) is 7. The van der Waals surface area contributed by atoms with Crippen LogP contribution >= 0.6 is 0 Å². The maximum atomic E-state index is 12.6. The molecule has 0 saturated heterocycles. The van der Waals surface area contributed by atoms with E-state index >= 15 is 0 Å². The van der Waals surface area contributed by atoms with Gasteiger partial charge in [0.15, 0.2) is 0 Å². The maximum Gasteiger partial charge on any atom is 0.455 e. The van der Waals surface area contributed by atoms with E-state index in [0.29, 0.717) is 6.42 Å². The average Bonchev–Trinajstić information content (AvgIpc) is 2.56. The van der Waals surface area contributed by atoms with Crippen LogP contribution in [0.15, 0.2) is 12.1 Å². The van der Waals surface area contributed by atoms with Gasteiger partial charge in [0.25, 0.3) is 5.78 Å². The van der Waals surface area contributed by atoms with Crippen LogP contribution in [0.2, 0.25) is 0 Å². The molecule has 0 heterocycles. The quantitative estimate of drug-likeness (QED) is 0.344. The summed E-state index contributed by atoms with van der Waals surface area (Å²) in [6, 6.07) is 1.85. The summed E-state index contributed by atoms with van der Waals surface area (Å²) in [6.07, 6.45) is 4.60. The van der Waals surface area contributed by atoms with Crippen molar-refractivity contribution >= 4 is 5.78 Å². The monoisotopic (exact) mass is 374 g/mol. The van der Waals surface area contributed by atoms with E-state index in [4.69, 9.17) is 0 Å². The number of carbonyl (C=O) groups is 1. The van der Waals surface area contributed by atoms with Crippen LogP contribution in [0.4, 0.5) is 13.2 Å². The van der Waals surface area contributed by atoms with Gasteiger partial charge in [-0.2, -0.15) is 13.2 Å². The second-order valence-electron chi connectivity index (χ2n) is 6.89. The normalized spacial score (nSPS) is 13.0. The molecule has 0 spiro atoms. The zero-order chi connectivity index (χ0) is 19.7. The van der Waals surface area contributed by atoms with Crippen LogP contribution in [-0.2, 0) is 0 Å². The lowest BCUT2D eigenvalue weighted by molar-refractivity contribution is -0.0886. The maximum absolute atomic E-state index is 12.6. The second-order valence-corrected chi connectivity index (χ2v) is 6.89. The third kappa shape index (κ3) is 6.54. The number of phenols is 2. The molecule has 0 radical (unpaired) electrons. The van der Waals surface area contributed by atoms with Crippen LogP contribution in [0.3, 0.4) is 0 Å². The molecule has 6 heteroatoms. The minimum atomic E-state index is -5.06. The van der Waals surface area contributed by atoms with E-state index in [1.54, 1.807) is 6.92 Å². The Labute approximate surface area is 153 Å². The van der Waals surface area contributed by atoms with E-state index in [2.05, 4.69) is 6.92 Å². The van der Waals surface area contributed by atoms with Gasteiger partial charge in [-0.1, -0.05) is 65.2 Å². The fourth-order valence-corrected chi connectivity index (χ4v) is 3.15. The molecule has 1 atom stereocenters. The predicted octanol–water partition coefficient (Wildman–Crippen LogP) is 6.48. The fraction of sp³-hybridized carbons (Fsp3) is 0.650. The zero-order valence-corrected chi connectivity index (χ0v) is 15.5. The largest absolute Gasteiger partial charge is 0.508 e. The number of carbonyl (C=O) groups excluding carboxylic acids is 1. The van der Waals surface area contributed by atoms with E-state index in [9.17, 15) is 28.2 Å². The van der Waals surface area contributed by atoms with Gasteiger partial charge in [0, 0.05) is 5.56 Å². The molecular formula is C20H29F3O3. The number of hydrogen-bond acceptors (Lipinski definition) is 3. The Morgan fingerprint density at radius 1 is 1.00 bits per heavy atom. The third-order valence-electron chi connectivity index (χ3n) is 4.68. The van der Waals surface area contributed by atoms with Crippen molar-refractivity contribution in [1.82, 2.24) is 0 Å². The molecule has 0 bridgehead atoms. The molecule has 3 nitrogen and oxygen atoms in total. The van der Waals surface area contributed by atoms with Crippen molar-refractivity contribution in [2.75, 3.05) is 0 Å². The number of phenolic OH excluding ortho intramolecular Hbond substituents is 2. The molecule has 26 heavy (non-hydrogen) atoms. The highest BCUT2D eigenvalue weighted by atomic mass is 19.4. The first kappa shape index (κ1) is 22.3. The van der Waals surface area contributed by atoms with Crippen LogP contribution in [-0.4, -0.2) is 22.2 Å². The Bertz CT molecular complexity index is 582. The molecule has 2 N–H and O–H groups in total. The standard InChI is InChI=1S/C20H29F3O3/c1-3-4-5-6-7-8-9-10-11-14(2)17-16(24)13-12-15(18(17)25)19(26)20(21,22)23/h12-14,24-25H,3-11H2,1-2H3. The highest BCUT2D eigenvalue weighted by molar-refractivity contribution is 6.03. The Morgan fingerprint density at radius 3 is 2.08 bits per heavy atom. The molecule has 0 amide bonds. The molecule has 1 rings (SSSR count).